The molecule has 0 bridgehead atoms. The van der Waals surface area contributed by atoms with Crippen molar-refractivity contribution in [1.82, 2.24) is 24.9 Å². The van der Waals surface area contributed by atoms with Crippen molar-refractivity contribution in [2.24, 2.45) is 0 Å². The minimum absolute atomic E-state index is 0.0231. The van der Waals surface area contributed by atoms with E-state index in [1.165, 1.54) is 5.56 Å². The SMILES string of the molecule is CO[C@@H]1C[C@@H]([C@H](C)Oc2cc(OCC3(N(C)C)CC3)nc(-c3noc4c3CCC[C@@]43CCCc4ccc(N)c(C#N)c43)n2)N(C)C1. The molecule has 11 nitrogen and oxygen atoms in total. The molecule has 2 aromatic heterocycles. The number of fused-ring (bicyclic) bond motifs is 4. The van der Waals surface area contributed by atoms with Crippen LogP contribution in [0.2, 0.25) is 0 Å². The van der Waals surface area contributed by atoms with E-state index >= 15 is 0 Å². The maximum Gasteiger partial charge on any atom is 0.221 e. The second-order valence-electron chi connectivity index (χ2n) is 14.0. The molecule has 3 aliphatic carbocycles. The number of aryl methyl sites for hydroxylation is 1. The third kappa shape index (κ3) is 5.20. The molecule has 2 N–H and O–H groups in total. The summed E-state index contributed by atoms with van der Waals surface area (Å²) in [5.41, 5.74) is 10.8. The summed E-state index contributed by atoms with van der Waals surface area (Å²) >= 11 is 0. The zero-order chi connectivity index (χ0) is 32.2. The second-order valence-corrected chi connectivity index (χ2v) is 14.0. The second kappa shape index (κ2) is 11.8. The molecule has 1 spiro atoms. The monoisotopic (exact) mass is 627 g/mol. The number of rotatable bonds is 9. The largest absolute Gasteiger partial charge is 0.475 e. The molecule has 1 saturated heterocycles. The summed E-state index contributed by atoms with van der Waals surface area (Å²) in [5, 5.41) is 14.8. The van der Waals surface area contributed by atoms with E-state index in [2.05, 4.69) is 55.2 Å². The van der Waals surface area contributed by atoms with Crippen molar-refractivity contribution in [2.45, 2.75) is 93.9 Å². The van der Waals surface area contributed by atoms with Gasteiger partial charge in [-0.25, -0.2) is 0 Å². The van der Waals surface area contributed by atoms with E-state index in [4.69, 9.17) is 34.4 Å². The number of nitrogen functional groups attached to an aromatic ring is 1. The van der Waals surface area contributed by atoms with Crippen LogP contribution in [0.25, 0.3) is 11.5 Å². The molecule has 244 valence electrons. The van der Waals surface area contributed by atoms with Gasteiger partial charge in [-0.15, -0.1) is 0 Å². The molecule has 46 heavy (non-hydrogen) atoms. The first-order chi connectivity index (χ1) is 22.2. The smallest absolute Gasteiger partial charge is 0.221 e. The highest BCUT2D eigenvalue weighted by molar-refractivity contribution is 5.67. The summed E-state index contributed by atoms with van der Waals surface area (Å²) in [6.45, 7) is 3.47. The Bertz CT molecular complexity index is 1660. The molecule has 1 aliphatic heterocycles. The van der Waals surface area contributed by atoms with E-state index in [1.807, 2.05) is 6.07 Å². The number of hydrogen-bond acceptors (Lipinski definition) is 11. The highest BCUT2D eigenvalue weighted by atomic mass is 16.5. The number of methoxy groups -OCH3 is 1. The van der Waals surface area contributed by atoms with Crippen LogP contribution in [-0.4, -0.2) is 90.1 Å². The van der Waals surface area contributed by atoms with Crippen molar-refractivity contribution in [3.05, 3.63) is 46.2 Å². The highest BCUT2D eigenvalue weighted by Crippen LogP contribution is 2.53. The standard InChI is InChI=1S/C35H45N7O4/c1-21(27-16-23(43-5)19-42(27)4)45-29-17-28(44-20-34(14-15-34)41(2)3)38-33(39-29)31-24-9-7-13-35(32(24)46-40-31)12-6-8-22-10-11-26(37)25(18-36)30(22)35/h10-11,17,21,23,27H,6-9,12-16,19-20,37H2,1-5H3/t21-,23+,27-,35+/m0/s1. The Morgan fingerprint density at radius 3 is 2.61 bits per heavy atom. The van der Waals surface area contributed by atoms with Crippen molar-refractivity contribution < 1.29 is 18.7 Å². The highest BCUT2D eigenvalue weighted by Gasteiger charge is 2.48. The topological polar surface area (TPSA) is 136 Å². The van der Waals surface area contributed by atoms with Crippen LogP contribution in [0.15, 0.2) is 22.7 Å². The fraction of sp³-hybridized carbons (Fsp3) is 0.600. The quantitative estimate of drug-likeness (QED) is 0.336. The first-order valence-electron chi connectivity index (χ1n) is 16.6. The van der Waals surface area contributed by atoms with Crippen LogP contribution in [0.5, 0.6) is 11.8 Å². The first kappa shape index (κ1) is 30.9. The summed E-state index contributed by atoms with van der Waals surface area (Å²) < 4.78 is 24.8. The fourth-order valence-electron chi connectivity index (χ4n) is 8.18. The average Bonchev–Trinajstić information content (AvgIpc) is 3.56. The molecule has 7 rings (SSSR count). The Morgan fingerprint density at radius 1 is 1.15 bits per heavy atom. The lowest BCUT2D eigenvalue weighted by Gasteiger charge is -2.41. The van der Waals surface area contributed by atoms with Gasteiger partial charge in [0.25, 0.3) is 0 Å². The van der Waals surface area contributed by atoms with E-state index in [0.717, 1.165) is 81.2 Å². The molecule has 3 heterocycles. The molecule has 11 heteroatoms. The number of hydrogen-bond donors (Lipinski definition) is 1. The summed E-state index contributed by atoms with van der Waals surface area (Å²) in [6.07, 6.45) is 8.47. The minimum Gasteiger partial charge on any atom is -0.475 e. The zero-order valence-electron chi connectivity index (χ0n) is 27.6. The number of aromatic nitrogens is 3. The maximum absolute atomic E-state index is 10.2. The van der Waals surface area contributed by atoms with Gasteiger partial charge in [-0.2, -0.15) is 15.2 Å². The summed E-state index contributed by atoms with van der Waals surface area (Å²) in [7, 11) is 8.05. The van der Waals surface area contributed by atoms with E-state index < -0.39 is 5.41 Å². The van der Waals surface area contributed by atoms with E-state index in [1.54, 1.807) is 13.2 Å². The summed E-state index contributed by atoms with van der Waals surface area (Å²) in [6, 6.07) is 8.32. The van der Waals surface area contributed by atoms with Gasteiger partial charge in [-0.3, -0.25) is 4.90 Å². The Kier molecular flexibility index (Phi) is 7.94. The van der Waals surface area contributed by atoms with Gasteiger partial charge in [-0.05, 0) is 103 Å². The Labute approximate surface area is 271 Å². The number of benzene rings is 1. The number of ether oxygens (including phenoxy) is 3. The van der Waals surface area contributed by atoms with Gasteiger partial charge in [-0.1, -0.05) is 11.2 Å². The van der Waals surface area contributed by atoms with Crippen molar-refractivity contribution in [3.8, 4) is 29.3 Å². The van der Waals surface area contributed by atoms with Crippen molar-refractivity contribution in [2.75, 3.05) is 47.1 Å². The van der Waals surface area contributed by atoms with Crippen LogP contribution in [0.1, 0.15) is 79.9 Å². The van der Waals surface area contributed by atoms with Crippen LogP contribution < -0.4 is 15.2 Å². The van der Waals surface area contributed by atoms with E-state index in [0.29, 0.717) is 41.1 Å². The van der Waals surface area contributed by atoms with Gasteiger partial charge in [0.1, 0.15) is 18.8 Å². The molecule has 1 aromatic carbocycles. The van der Waals surface area contributed by atoms with Crippen molar-refractivity contribution in [3.63, 3.8) is 0 Å². The number of likely N-dealkylation sites (tertiary alicyclic amines) is 1. The lowest BCUT2D eigenvalue weighted by Crippen LogP contribution is -2.38. The lowest BCUT2D eigenvalue weighted by atomic mass is 9.61. The van der Waals surface area contributed by atoms with Crippen LogP contribution in [0, 0.1) is 11.3 Å². The molecule has 4 atom stereocenters. The first-order valence-corrected chi connectivity index (χ1v) is 16.6. The number of likely N-dealkylation sites (N-methyl/N-ethyl adjacent to an activating group) is 2. The van der Waals surface area contributed by atoms with Crippen LogP contribution in [-0.2, 0) is 23.0 Å². The average molecular weight is 628 g/mol. The molecule has 2 fully saturated rings. The molecule has 0 amide bonds. The van der Waals surface area contributed by atoms with Crippen molar-refractivity contribution >= 4 is 5.69 Å². The normalized spacial score (nSPS) is 25.6. The summed E-state index contributed by atoms with van der Waals surface area (Å²) in [4.78, 5) is 14.3. The number of anilines is 1. The number of nitrogens with zero attached hydrogens (tertiary/aromatic N) is 6. The Hall–Kier alpha value is -3.72. The van der Waals surface area contributed by atoms with Crippen LogP contribution in [0.3, 0.4) is 0 Å². The van der Waals surface area contributed by atoms with E-state index in [-0.39, 0.29) is 23.8 Å². The third-order valence-electron chi connectivity index (χ3n) is 11.1. The Morgan fingerprint density at radius 2 is 1.91 bits per heavy atom. The van der Waals surface area contributed by atoms with Crippen LogP contribution >= 0.6 is 0 Å². The molecule has 3 aromatic rings. The third-order valence-corrected chi connectivity index (χ3v) is 11.1. The lowest BCUT2D eigenvalue weighted by molar-refractivity contribution is 0.107. The Balaban J connectivity index is 1.27. The molecule has 4 aliphatic rings. The van der Waals surface area contributed by atoms with Crippen LogP contribution in [0.4, 0.5) is 5.69 Å². The number of nitriles is 1. The maximum atomic E-state index is 10.2. The molecule has 0 radical (unpaired) electrons. The van der Waals surface area contributed by atoms with Gasteiger partial charge in [0.15, 0.2) is 17.3 Å². The fourth-order valence-corrected chi connectivity index (χ4v) is 8.18. The predicted octanol–water partition coefficient (Wildman–Crippen LogP) is 4.50. The molecular weight excluding hydrogens is 582 g/mol. The molecular formula is C35H45N7O4. The summed E-state index contributed by atoms with van der Waals surface area (Å²) in [5.74, 6) is 2.14. The van der Waals surface area contributed by atoms with Gasteiger partial charge >= 0.3 is 0 Å². The zero-order valence-corrected chi connectivity index (χ0v) is 27.6. The van der Waals surface area contributed by atoms with Gasteiger partial charge in [0.05, 0.1) is 28.7 Å². The molecule has 1 saturated carbocycles. The van der Waals surface area contributed by atoms with Gasteiger partial charge in [0.2, 0.25) is 11.8 Å². The van der Waals surface area contributed by atoms with Crippen molar-refractivity contribution in [1.29, 1.82) is 5.26 Å². The predicted molar refractivity (Wildman–Crippen MR) is 173 cm³/mol. The van der Waals surface area contributed by atoms with Gasteiger partial charge < -0.3 is 29.4 Å². The van der Waals surface area contributed by atoms with E-state index in [9.17, 15) is 5.26 Å². The number of nitrogens with two attached hydrogens (primary N) is 1. The van der Waals surface area contributed by atoms with Gasteiger partial charge in [0, 0.05) is 30.9 Å². The molecule has 0 unspecified atom stereocenters. The minimum atomic E-state index is -0.455.